The van der Waals surface area contributed by atoms with E-state index in [9.17, 15) is 22.8 Å². The molecule has 1 saturated carbocycles. The molecule has 0 aliphatic heterocycles. The molecule has 0 atom stereocenters. The predicted octanol–water partition coefficient (Wildman–Crippen LogP) is 4.50. The maximum absolute atomic E-state index is 12.9. The molecular weight excluding hydrogens is 491 g/mol. The van der Waals surface area contributed by atoms with Crippen LogP contribution >= 0.6 is 0 Å². The van der Waals surface area contributed by atoms with E-state index in [1.165, 1.54) is 17.5 Å². The summed E-state index contributed by atoms with van der Waals surface area (Å²) in [5.41, 5.74) is 1.65. The van der Waals surface area contributed by atoms with Crippen molar-refractivity contribution in [3.05, 3.63) is 59.5 Å². The molecule has 10 nitrogen and oxygen atoms in total. The molecule has 37 heavy (non-hydrogen) atoms. The maximum Gasteiger partial charge on any atom is 0.408 e. The van der Waals surface area contributed by atoms with Gasteiger partial charge in [0.25, 0.3) is 5.91 Å². The fraction of sp³-hybridized carbons (Fsp3) is 0.292. The second-order valence-electron chi connectivity index (χ2n) is 8.84. The molecule has 13 heteroatoms. The Hall–Kier alpha value is -4.42. The minimum absolute atomic E-state index is 0.0240. The van der Waals surface area contributed by atoms with Gasteiger partial charge in [-0.15, -0.1) is 5.10 Å². The van der Waals surface area contributed by atoms with Crippen molar-refractivity contribution < 1.29 is 27.5 Å². The van der Waals surface area contributed by atoms with Crippen molar-refractivity contribution in [1.29, 1.82) is 0 Å². The Balaban J connectivity index is 1.32. The summed E-state index contributed by atoms with van der Waals surface area (Å²) in [4.78, 5) is 29.0. The van der Waals surface area contributed by atoms with Crippen LogP contribution in [-0.2, 0) is 11.3 Å². The molecule has 0 radical (unpaired) electrons. The first-order valence-corrected chi connectivity index (χ1v) is 11.4. The van der Waals surface area contributed by atoms with E-state index >= 15 is 0 Å². The second-order valence-corrected chi connectivity index (χ2v) is 8.84. The van der Waals surface area contributed by atoms with Gasteiger partial charge in [0, 0.05) is 17.7 Å². The Morgan fingerprint density at radius 1 is 1.05 bits per heavy atom. The summed E-state index contributed by atoms with van der Waals surface area (Å²) in [6.07, 6.45) is -1.20. The molecule has 1 fully saturated rings. The minimum atomic E-state index is -4.52. The number of aryl methyl sites for hydroxylation is 2. The molecule has 2 N–H and O–H groups in total. The van der Waals surface area contributed by atoms with Gasteiger partial charge in [-0.25, -0.2) is 4.52 Å². The standard InChI is InChI=1S/C24H22F3N7O3/c1-13-3-6-16(10-18(13)28-22(36)19-9-14(2)31-34(19)12-24(25,26)27)37-17-7-8-20-29-23(32-33(20)11-17)30-21(35)15-4-5-15/h3,6-11,15H,4-5,12H2,1-2H3,(H,28,36)(H,30,32,35). The van der Waals surface area contributed by atoms with Crippen molar-refractivity contribution in [3.8, 4) is 11.5 Å². The summed E-state index contributed by atoms with van der Waals surface area (Å²) in [5.74, 6) is 0.193. The lowest BCUT2D eigenvalue weighted by Gasteiger charge is -2.13. The number of nitrogens with one attached hydrogen (secondary N) is 2. The number of alkyl halides is 3. The molecule has 0 spiro atoms. The Morgan fingerprint density at radius 2 is 1.81 bits per heavy atom. The van der Waals surface area contributed by atoms with Crippen LogP contribution in [0.4, 0.5) is 24.8 Å². The van der Waals surface area contributed by atoms with Crippen molar-refractivity contribution >= 4 is 29.1 Å². The van der Waals surface area contributed by atoms with E-state index < -0.39 is 18.6 Å². The summed E-state index contributed by atoms with van der Waals surface area (Å²) < 4.78 is 46.7. The van der Waals surface area contributed by atoms with Crippen LogP contribution in [0.5, 0.6) is 11.5 Å². The monoisotopic (exact) mass is 513 g/mol. The number of carbonyl (C=O) groups excluding carboxylic acids is 2. The third kappa shape index (κ3) is 5.71. The number of amides is 2. The Labute approximate surface area is 208 Å². The third-order valence-corrected chi connectivity index (χ3v) is 5.64. The Kier molecular flexibility index (Phi) is 6.05. The van der Waals surface area contributed by atoms with Gasteiger partial charge in [0.05, 0.1) is 11.9 Å². The average Bonchev–Trinajstić information content (AvgIpc) is 3.50. The number of nitrogens with zero attached hydrogens (tertiary/aromatic N) is 5. The van der Waals surface area contributed by atoms with E-state index in [-0.39, 0.29) is 23.5 Å². The molecule has 0 bridgehead atoms. The van der Waals surface area contributed by atoms with Gasteiger partial charge in [0.2, 0.25) is 11.9 Å². The second kappa shape index (κ2) is 9.22. The molecule has 0 saturated heterocycles. The number of halogens is 3. The number of carbonyl (C=O) groups is 2. The van der Waals surface area contributed by atoms with Crippen LogP contribution in [0.25, 0.3) is 5.65 Å². The van der Waals surface area contributed by atoms with E-state index in [0.717, 1.165) is 12.8 Å². The minimum Gasteiger partial charge on any atom is -0.456 e. The van der Waals surface area contributed by atoms with Crippen molar-refractivity contribution in [1.82, 2.24) is 24.4 Å². The van der Waals surface area contributed by atoms with Gasteiger partial charge >= 0.3 is 6.18 Å². The lowest BCUT2D eigenvalue weighted by Crippen LogP contribution is -2.24. The molecule has 0 unspecified atom stereocenters. The highest BCUT2D eigenvalue weighted by molar-refractivity contribution is 6.03. The quantitative estimate of drug-likeness (QED) is 0.376. The maximum atomic E-state index is 12.9. The van der Waals surface area contributed by atoms with Crippen LogP contribution < -0.4 is 15.4 Å². The zero-order chi connectivity index (χ0) is 26.3. The van der Waals surface area contributed by atoms with Crippen LogP contribution in [-0.4, -0.2) is 42.4 Å². The number of benzene rings is 1. The third-order valence-electron chi connectivity index (χ3n) is 5.64. The fourth-order valence-electron chi connectivity index (χ4n) is 3.68. The predicted molar refractivity (Wildman–Crippen MR) is 127 cm³/mol. The van der Waals surface area contributed by atoms with E-state index in [1.807, 2.05) is 0 Å². The van der Waals surface area contributed by atoms with E-state index in [2.05, 4.69) is 25.8 Å². The molecule has 1 aliphatic rings. The van der Waals surface area contributed by atoms with Crippen LogP contribution in [0.1, 0.15) is 34.6 Å². The summed E-state index contributed by atoms with van der Waals surface area (Å²) in [6.45, 7) is 1.89. The lowest BCUT2D eigenvalue weighted by atomic mass is 10.2. The number of hydrogen-bond donors (Lipinski definition) is 2. The fourth-order valence-corrected chi connectivity index (χ4v) is 3.68. The zero-order valence-corrected chi connectivity index (χ0v) is 19.8. The highest BCUT2D eigenvalue weighted by Crippen LogP contribution is 2.30. The number of rotatable bonds is 7. The van der Waals surface area contributed by atoms with E-state index in [4.69, 9.17) is 4.74 Å². The summed E-state index contributed by atoms with van der Waals surface area (Å²) in [7, 11) is 0. The van der Waals surface area contributed by atoms with Gasteiger partial charge in [0.1, 0.15) is 23.7 Å². The Morgan fingerprint density at radius 3 is 2.54 bits per heavy atom. The zero-order valence-electron chi connectivity index (χ0n) is 19.8. The van der Waals surface area contributed by atoms with Gasteiger partial charge in [-0.1, -0.05) is 6.07 Å². The molecule has 1 aromatic carbocycles. The van der Waals surface area contributed by atoms with Crippen LogP contribution in [0, 0.1) is 19.8 Å². The molecule has 192 valence electrons. The normalized spacial score (nSPS) is 13.5. The largest absolute Gasteiger partial charge is 0.456 e. The number of hydrogen-bond acceptors (Lipinski definition) is 6. The molecule has 2 amide bonds. The molecule has 4 aromatic rings. The van der Waals surface area contributed by atoms with Crippen LogP contribution in [0.3, 0.4) is 0 Å². The smallest absolute Gasteiger partial charge is 0.408 e. The van der Waals surface area contributed by atoms with Gasteiger partial charge < -0.3 is 10.1 Å². The van der Waals surface area contributed by atoms with Gasteiger partial charge in [0.15, 0.2) is 5.65 Å². The summed E-state index contributed by atoms with van der Waals surface area (Å²) in [5, 5.41) is 13.4. The molecular formula is C24H22F3N7O3. The van der Waals surface area contributed by atoms with Gasteiger partial charge in [-0.3, -0.25) is 19.6 Å². The van der Waals surface area contributed by atoms with Crippen LogP contribution in [0.15, 0.2) is 42.6 Å². The summed E-state index contributed by atoms with van der Waals surface area (Å²) >= 11 is 0. The highest BCUT2D eigenvalue weighted by atomic mass is 19.4. The van der Waals surface area contributed by atoms with E-state index in [0.29, 0.717) is 38.8 Å². The molecule has 3 aromatic heterocycles. The number of fused-ring (bicyclic) bond motifs is 1. The van der Waals surface area contributed by atoms with Gasteiger partial charge in [-0.2, -0.15) is 23.3 Å². The van der Waals surface area contributed by atoms with Crippen molar-refractivity contribution in [2.75, 3.05) is 10.6 Å². The number of pyridine rings is 1. The number of anilines is 2. The van der Waals surface area contributed by atoms with Crippen molar-refractivity contribution in [2.45, 2.75) is 39.4 Å². The highest BCUT2D eigenvalue weighted by Gasteiger charge is 2.31. The van der Waals surface area contributed by atoms with Crippen molar-refractivity contribution in [3.63, 3.8) is 0 Å². The summed E-state index contributed by atoms with van der Waals surface area (Å²) in [6, 6.07) is 9.62. The Bertz CT molecular complexity index is 1510. The first kappa shape index (κ1) is 24.3. The van der Waals surface area contributed by atoms with Gasteiger partial charge in [-0.05, 0) is 56.5 Å². The SMILES string of the molecule is Cc1cc(C(=O)Nc2cc(Oc3ccc4nc(NC(=O)C5CC5)nn4c3)ccc2C)n(CC(F)(F)F)n1. The van der Waals surface area contributed by atoms with Crippen molar-refractivity contribution in [2.24, 2.45) is 5.92 Å². The topological polar surface area (TPSA) is 115 Å². The van der Waals surface area contributed by atoms with E-state index in [1.54, 1.807) is 43.5 Å². The number of ether oxygens (including phenoxy) is 1. The number of aromatic nitrogens is 5. The molecule has 5 rings (SSSR count). The lowest BCUT2D eigenvalue weighted by molar-refractivity contribution is -0.142. The average molecular weight is 513 g/mol. The molecule has 1 aliphatic carbocycles. The first-order chi connectivity index (χ1) is 17.5. The van der Waals surface area contributed by atoms with Crippen LogP contribution in [0.2, 0.25) is 0 Å². The first-order valence-electron chi connectivity index (χ1n) is 11.4. The molecule has 3 heterocycles.